The average Bonchev–Trinajstić information content (AvgIpc) is 2.68. The highest BCUT2D eigenvalue weighted by molar-refractivity contribution is 6.05. The van der Waals surface area contributed by atoms with E-state index in [-0.39, 0.29) is 12.4 Å². The summed E-state index contributed by atoms with van der Waals surface area (Å²) in [5.41, 5.74) is 7.20. The Kier molecular flexibility index (Phi) is 4.97. The Labute approximate surface area is 100.0 Å². The van der Waals surface area contributed by atoms with Gasteiger partial charge in [0.05, 0.1) is 6.61 Å². The van der Waals surface area contributed by atoms with E-state index in [4.69, 9.17) is 10.3 Å². The fourth-order valence-electron chi connectivity index (χ4n) is 2.28. The maximum absolute atomic E-state index is 11.9. The zero-order valence-electron chi connectivity index (χ0n) is 10.0. The Balaban J connectivity index is 2.69. The smallest absolute Gasteiger partial charge is 0.319 e. The van der Waals surface area contributed by atoms with E-state index >= 15 is 0 Å². The Morgan fingerprint density at radius 3 is 2.94 bits per heavy atom. The van der Waals surface area contributed by atoms with Crippen LogP contribution in [0.3, 0.4) is 0 Å². The number of esters is 1. The van der Waals surface area contributed by atoms with Gasteiger partial charge in [-0.2, -0.15) is 0 Å². The van der Waals surface area contributed by atoms with Crippen LogP contribution in [-0.2, 0) is 14.3 Å². The zero-order chi connectivity index (χ0) is 12.7. The van der Waals surface area contributed by atoms with E-state index in [0.29, 0.717) is 32.2 Å². The predicted molar refractivity (Wildman–Crippen MR) is 61.2 cm³/mol. The van der Waals surface area contributed by atoms with E-state index < -0.39 is 11.4 Å². The molecule has 0 saturated heterocycles. The second-order valence-electron chi connectivity index (χ2n) is 4.14. The van der Waals surface area contributed by atoms with Crippen LogP contribution in [-0.4, -0.2) is 24.9 Å². The summed E-state index contributed by atoms with van der Waals surface area (Å²) < 4.78 is 4.99. The monoisotopic (exact) mass is 239 g/mol. The number of hydrogen-bond donors (Lipinski definition) is 0. The molecule has 6 nitrogen and oxygen atoms in total. The second kappa shape index (κ2) is 6.25. The number of hydrogen-bond acceptors (Lipinski definition) is 4. The molecule has 94 valence electrons. The number of carbonyl (C=O) groups is 2. The van der Waals surface area contributed by atoms with Gasteiger partial charge in [0.2, 0.25) is 0 Å². The fourth-order valence-corrected chi connectivity index (χ4v) is 2.28. The van der Waals surface area contributed by atoms with Crippen molar-refractivity contribution < 1.29 is 14.3 Å². The van der Waals surface area contributed by atoms with Gasteiger partial charge in [-0.25, -0.2) is 0 Å². The molecule has 0 amide bonds. The first kappa shape index (κ1) is 13.5. The van der Waals surface area contributed by atoms with Crippen LogP contribution in [0.5, 0.6) is 0 Å². The molecule has 0 aromatic heterocycles. The molecule has 0 radical (unpaired) electrons. The number of ketones is 1. The Bertz CT molecular complexity index is 350. The minimum atomic E-state index is -0.971. The lowest BCUT2D eigenvalue weighted by molar-refractivity contribution is -0.159. The van der Waals surface area contributed by atoms with E-state index in [1.807, 2.05) is 0 Å². The third-order valence-electron chi connectivity index (χ3n) is 3.13. The van der Waals surface area contributed by atoms with Crippen molar-refractivity contribution in [2.75, 3.05) is 13.2 Å². The van der Waals surface area contributed by atoms with Gasteiger partial charge < -0.3 is 4.74 Å². The van der Waals surface area contributed by atoms with Gasteiger partial charge in [0.25, 0.3) is 0 Å². The van der Waals surface area contributed by atoms with Crippen molar-refractivity contribution in [2.24, 2.45) is 10.5 Å². The highest BCUT2D eigenvalue weighted by Gasteiger charge is 2.48. The van der Waals surface area contributed by atoms with Crippen LogP contribution in [0.25, 0.3) is 10.4 Å². The fraction of sp³-hybridized carbons (Fsp3) is 0.818. The van der Waals surface area contributed by atoms with Gasteiger partial charge in [0, 0.05) is 17.9 Å². The molecule has 0 aliphatic heterocycles. The summed E-state index contributed by atoms with van der Waals surface area (Å²) in [7, 11) is 0. The highest BCUT2D eigenvalue weighted by atomic mass is 16.5. The molecule has 0 aromatic rings. The number of Topliss-reactive ketones (excluding diaryl/α,β-unsaturated/α-hetero) is 1. The Morgan fingerprint density at radius 1 is 1.65 bits per heavy atom. The molecule has 0 N–H and O–H groups in total. The topological polar surface area (TPSA) is 92.1 Å². The molecule has 17 heavy (non-hydrogen) atoms. The molecule has 1 saturated carbocycles. The minimum Gasteiger partial charge on any atom is -0.465 e. The summed E-state index contributed by atoms with van der Waals surface area (Å²) >= 11 is 0. The van der Waals surface area contributed by atoms with Crippen molar-refractivity contribution in [1.29, 1.82) is 0 Å². The van der Waals surface area contributed by atoms with E-state index in [1.165, 1.54) is 0 Å². The van der Waals surface area contributed by atoms with Gasteiger partial charge in [-0.1, -0.05) is 5.11 Å². The van der Waals surface area contributed by atoms with Gasteiger partial charge in [0.15, 0.2) is 0 Å². The summed E-state index contributed by atoms with van der Waals surface area (Å²) in [5, 5.41) is 3.41. The van der Waals surface area contributed by atoms with Crippen molar-refractivity contribution >= 4 is 11.8 Å². The minimum absolute atomic E-state index is 0.0307. The first-order valence-electron chi connectivity index (χ1n) is 5.89. The van der Waals surface area contributed by atoms with Gasteiger partial charge in [-0.15, -0.1) is 0 Å². The van der Waals surface area contributed by atoms with Crippen molar-refractivity contribution in [1.82, 2.24) is 0 Å². The van der Waals surface area contributed by atoms with Crippen LogP contribution in [0.15, 0.2) is 5.11 Å². The number of rotatable bonds is 6. The predicted octanol–water partition coefficient (Wildman–Crippen LogP) is 2.38. The van der Waals surface area contributed by atoms with Crippen LogP contribution in [0, 0.1) is 5.41 Å². The molecule has 1 aliphatic rings. The number of nitrogens with zero attached hydrogens (tertiary/aromatic N) is 3. The van der Waals surface area contributed by atoms with E-state index in [1.54, 1.807) is 6.92 Å². The molecule has 0 aromatic carbocycles. The third-order valence-corrected chi connectivity index (χ3v) is 3.13. The first-order valence-corrected chi connectivity index (χ1v) is 5.89. The third kappa shape index (κ3) is 2.97. The zero-order valence-corrected chi connectivity index (χ0v) is 10.0. The summed E-state index contributed by atoms with van der Waals surface area (Å²) in [5.74, 6) is -0.444. The van der Waals surface area contributed by atoms with Gasteiger partial charge in [-0.05, 0) is 38.1 Å². The van der Waals surface area contributed by atoms with Gasteiger partial charge in [-0.3, -0.25) is 9.59 Å². The van der Waals surface area contributed by atoms with Crippen molar-refractivity contribution in [3.05, 3.63) is 10.4 Å². The molecule has 1 aliphatic carbocycles. The Hall–Kier alpha value is -1.55. The normalized spacial score (nSPS) is 23.2. The number of ether oxygens (including phenoxy) is 1. The molecule has 1 rings (SSSR count). The molecule has 0 spiro atoms. The standard InChI is InChI=1S/C11H17N3O3/c1-2-17-10(16)11(6-3-5-9(11)15)7-4-8-13-14-12/h2-8H2,1H3. The maximum Gasteiger partial charge on any atom is 0.319 e. The number of azide groups is 1. The lowest BCUT2D eigenvalue weighted by atomic mass is 9.80. The maximum atomic E-state index is 11.9. The largest absolute Gasteiger partial charge is 0.465 e. The molecular weight excluding hydrogens is 222 g/mol. The highest BCUT2D eigenvalue weighted by Crippen LogP contribution is 2.40. The van der Waals surface area contributed by atoms with Gasteiger partial charge >= 0.3 is 5.97 Å². The Morgan fingerprint density at radius 2 is 2.41 bits per heavy atom. The molecule has 6 heteroatoms. The van der Waals surface area contributed by atoms with Crippen LogP contribution >= 0.6 is 0 Å². The average molecular weight is 239 g/mol. The number of carbonyl (C=O) groups excluding carboxylic acids is 2. The quantitative estimate of drug-likeness (QED) is 0.178. The molecule has 1 unspecified atom stereocenters. The lowest BCUT2D eigenvalue weighted by Crippen LogP contribution is -2.37. The molecule has 1 atom stereocenters. The van der Waals surface area contributed by atoms with E-state index in [0.717, 1.165) is 6.42 Å². The lowest BCUT2D eigenvalue weighted by Gasteiger charge is -2.24. The van der Waals surface area contributed by atoms with Crippen molar-refractivity contribution in [3.63, 3.8) is 0 Å². The van der Waals surface area contributed by atoms with Crippen LogP contribution in [0.4, 0.5) is 0 Å². The SMILES string of the molecule is CCOC(=O)C1(CCCN=[N+]=[N-])CCCC1=O. The van der Waals surface area contributed by atoms with E-state index in [9.17, 15) is 9.59 Å². The molecule has 0 heterocycles. The van der Waals surface area contributed by atoms with Crippen LogP contribution in [0.2, 0.25) is 0 Å². The summed E-state index contributed by atoms with van der Waals surface area (Å²) in [4.78, 5) is 26.4. The summed E-state index contributed by atoms with van der Waals surface area (Å²) in [6.45, 7) is 2.32. The molecule has 0 bridgehead atoms. The van der Waals surface area contributed by atoms with Crippen molar-refractivity contribution in [3.8, 4) is 0 Å². The summed E-state index contributed by atoms with van der Waals surface area (Å²) in [6.07, 6.45) is 2.69. The summed E-state index contributed by atoms with van der Waals surface area (Å²) in [6, 6.07) is 0. The second-order valence-corrected chi connectivity index (χ2v) is 4.14. The first-order chi connectivity index (χ1) is 8.17. The molecular formula is C11H17N3O3. The van der Waals surface area contributed by atoms with Crippen LogP contribution in [0.1, 0.15) is 39.0 Å². The van der Waals surface area contributed by atoms with Crippen molar-refractivity contribution in [2.45, 2.75) is 39.0 Å². The van der Waals surface area contributed by atoms with Gasteiger partial charge in [0.1, 0.15) is 11.2 Å². The van der Waals surface area contributed by atoms with E-state index in [2.05, 4.69) is 10.0 Å². The van der Waals surface area contributed by atoms with Crippen LogP contribution < -0.4 is 0 Å². The molecule has 1 fully saturated rings.